The van der Waals surface area contributed by atoms with Gasteiger partial charge in [0.1, 0.15) is 5.82 Å². The third kappa shape index (κ3) is 2.39. The van der Waals surface area contributed by atoms with Crippen molar-refractivity contribution in [1.29, 1.82) is 0 Å². The fourth-order valence-electron chi connectivity index (χ4n) is 1.33. The van der Waals surface area contributed by atoms with E-state index in [-0.39, 0.29) is 0 Å². The molecule has 15 heavy (non-hydrogen) atoms. The van der Waals surface area contributed by atoms with Crippen LogP contribution >= 0.6 is 27.3 Å². The maximum absolute atomic E-state index is 9.90. The van der Waals surface area contributed by atoms with Gasteiger partial charge in [-0.15, -0.1) is 11.3 Å². The van der Waals surface area contributed by atoms with Crippen LogP contribution in [0.15, 0.2) is 22.1 Å². The van der Waals surface area contributed by atoms with E-state index in [0.29, 0.717) is 17.8 Å². The third-order valence-electron chi connectivity index (χ3n) is 2.07. The monoisotopic (exact) mass is 287 g/mol. The molecule has 1 atom stereocenters. The minimum Gasteiger partial charge on any atom is -0.388 e. The smallest absolute Gasteiger partial charge is 0.124 e. The van der Waals surface area contributed by atoms with E-state index in [1.165, 1.54) is 0 Å². The summed E-state index contributed by atoms with van der Waals surface area (Å²) in [5.74, 6) is 0.429. The predicted octanol–water partition coefficient (Wildman–Crippen LogP) is 2.09. The molecular formula is C9H10BrN3OS. The first kappa shape index (κ1) is 10.7. The van der Waals surface area contributed by atoms with Gasteiger partial charge >= 0.3 is 0 Å². The maximum atomic E-state index is 9.90. The lowest BCUT2D eigenvalue weighted by molar-refractivity contribution is 0.180. The van der Waals surface area contributed by atoms with E-state index in [2.05, 4.69) is 26.1 Å². The lowest BCUT2D eigenvalue weighted by atomic mass is 10.1. The van der Waals surface area contributed by atoms with Crippen molar-refractivity contribution in [2.75, 3.05) is 5.73 Å². The van der Waals surface area contributed by atoms with Gasteiger partial charge in [0.15, 0.2) is 0 Å². The van der Waals surface area contributed by atoms with E-state index >= 15 is 0 Å². The van der Waals surface area contributed by atoms with E-state index in [0.717, 1.165) is 9.35 Å². The first-order valence-electron chi connectivity index (χ1n) is 4.36. The summed E-state index contributed by atoms with van der Waals surface area (Å²) in [7, 11) is 0. The molecule has 0 bridgehead atoms. The number of aliphatic hydroxyl groups excluding tert-OH is 1. The molecule has 0 spiro atoms. The molecule has 0 radical (unpaired) electrons. The number of hydrogen-bond acceptors (Lipinski definition) is 4. The SMILES string of the molecule is Nc1[nH]ncc1C(O)Cc1cc(Br)cs1. The van der Waals surface area contributed by atoms with E-state index < -0.39 is 6.10 Å². The van der Waals surface area contributed by atoms with Crippen LogP contribution in [0.5, 0.6) is 0 Å². The number of anilines is 1. The number of aromatic nitrogens is 2. The van der Waals surface area contributed by atoms with Gasteiger partial charge in [0.25, 0.3) is 0 Å². The molecule has 0 aromatic carbocycles. The Hall–Kier alpha value is -0.850. The zero-order valence-electron chi connectivity index (χ0n) is 7.77. The largest absolute Gasteiger partial charge is 0.388 e. The highest BCUT2D eigenvalue weighted by Gasteiger charge is 2.14. The van der Waals surface area contributed by atoms with Gasteiger partial charge in [0, 0.05) is 26.7 Å². The molecule has 0 saturated carbocycles. The number of rotatable bonds is 3. The standard InChI is InChI=1S/C9H10BrN3OS/c10-5-1-6(15-4-5)2-8(14)7-3-12-13-9(7)11/h1,3-4,8,14H,2H2,(H3,11,12,13). The number of H-pyrrole nitrogens is 1. The molecule has 2 rings (SSSR count). The molecule has 0 saturated heterocycles. The Labute approximate surface area is 99.3 Å². The number of hydrogen-bond donors (Lipinski definition) is 3. The summed E-state index contributed by atoms with van der Waals surface area (Å²) >= 11 is 4.97. The quantitative estimate of drug-likeness (QED) is 0.809. The van der Waals surface area contributed by atoms with Gasteiger partial charge in [0.05, 0.1) is 12.3 Å². The number of aliphatic hydroxyl groups is 1. The topological polar surface area (TPSA) is 74.9 Å². The van der Waals surface area contributed by atoms with Crippen molar-refractivity contribution in [3.05, 3.63) is 32.6 Å². The van der Waals surface area contributed by atoms with Gasteiger partial charge in [-0.1, -0.05) is 0 Å². The second-order valence-corrected chi connectivity index (χ2v) is 5.10. The molecule has 2 heterocycles. The first-order chi connectivity index (χ1) is 7.16. The number of halogens is 1. The highest BCUT2D eigenvalue weighted by Crippen LogP contribution is 2.26. The van der Waals surface area contributed by atoms with Crippen molar-refractivity contribution in [3.63, 3.8) is 0 Å². The van der Waals surface area contributed by atoms with Crippen LogP contribution in [-0.4, -0.2) is 15.3 Å². The van der Waals surface area contributed by atoms with Crippen molar-refractivity contribution in [3.8, 4) is 0 Å². The zero-order chi connectivity index (χ0) is 10.8. The van der Waals surface area contributed by atoms with Crippen molar-refractivity contribution >= 4 is 33.1 Å². The summed E-state index contributed by atoms with van der Waals surface area (Å²) in [5.41, 5.74) is 6.27. The van der Waals surface area contributed by atoms with Gasteiger partial charge in [0.2, 0.25) is 0 Å². The molecule has 0 aliphatic carbocycles. The summed E-state index contributed by atoms with van der Waals surface area (Å²) in [5, 5.41) is 18.3. The van der Waals surface area contributed by atoms with Crippen molar-refractivity contribution in [2.45, 2.75) is 12.5 Å². The van der Waals surface area contributed by atoms with Crippen LogP contribution in [0.25, 0.3) is 0 Å². The molecular weight excluding hydrogens is 278 g/mol. The van der Waals surface area contributed by atoms with Crippen LogP contribution in [0.1, 0.15) is 16.5 Å². The fraction of sp³-hybridized carbons (Fsp3) is 0.222. The molecule has 1 unspecified atom stereocenters. The Morgan fingerprint density at radius 1 is 1.67 bits per heavy atom. The van der Waals surface area contributed by atoms with E-state index in [1.54, 1.807) is 17.5 Å². The molecule has 2 aromatic rings. The molecule has 6 heteroatoms. The number of aromatic amines is 1. The molecule has 4 nitrogen and oxygen atoms in total. The third-order valence-corrected chi connectivity index (χ3v) is 3.79. The van der Waals surface area contributed by atoms with Gasteiger partial charge in [-0.3, -0.25) is 5.10 Å². The Morgan fingerprint density at radius 2 is 2.47 bits per heavy atom. The van der Waals surface area contributed by atoms with Gasteiger partial charge in [-0.25, -0.2) is 0 Å². The number of nitrogens with one attached hydrogen (secondary N) is 1. The van der Waals surface area contributed by atoms with Crippen molar-refractivity contribution in [1.82, 2.24) is 10.2 Å². The minimum atomic E-state index is -0.603. The second-order valence-electron chi connectivity index (χ2n) is 3.19. The number of nitrogens with zero attached hydrogens (tertiary/aromatic N) is 1. The molecule has 80 valence electrons. The lowest BCUT2D eigenvalue weighted by Gasteiger charge is -2.07. The van der Waals surface area contributed by atoms with Gasteiger partial charge in [-0.2, -0.15) is 5.10 Å². The number of nitrogens with two attached hydrogens (primary N) is 1. The Morgan fingerprint density at radius 3 is 3.00 bits per heavy atom. The summed E-state index contributed by atoms with van der Waals surface area (Å²) < 4.78 is 1.04. The Kier molecular flexibility index (Phi) is 3.08. The average molecular weight is 288 g/mol. The average Bonchev–Trinajstić information content (AvgIpc) is 2.75. The highest BCUT2D eigenvalue weighted by molar-refractivity contribution is 9.10. The van der Waals surface area contributed by atoms with Crippen LogP contribution < -0.4 is 5.73 Å². The lowest BCUT2D eigenvalue weighted by Crippen LogP contribution is -2.02. The summed E-state index contributed by atoms with van der Waals surface area (Å²) in [6.07, 6.45) is 1.51. The van der Waals surface area contributed by atoms with E-state index in [9.17, 15) is 5.11 Å². The summed E-state index contributed by atoms with van der Waals surface area (Å²) in [6.45, 7) is 0. The normalized spacial score (nSPS) is 12.9. The Balaban J connectivity index is 2.10. The fourth-order valence-corrected chi connectivity index (χ4v) is 2.82. The van der Waals surface area contributed by atoms with Crippen molar-refractivity contribution < 1.29 is 5.11 Å². The summed E-state index contributed by atoms with van der Waals surface area (Å²) in [6, 6.07) is 1.99. The first-order valence-corrected chi connectivity index (χ1v) is 6.04. The molecule has 0 aliphatic heterocycles. The predicted molar refractivity (Wildman–Crippen MR) is 63.7 cm³/mol. The zero-order valence-corrected chi connectivity index (χ0v) is 10.2. The van der Waals surface area contributed by atoms with Crippen molar-refractivity contribution in [2.24, 2.45) is 0 Å². The summed E-state index contributed by atoms with van der Waals surface area (Å²) in [4.78, 5) is 1.11. The maximum Gasteiger partial charge on any atom is 0.124 e. The minimum absolute atomic E-state index is 0.429. The number of nitrogen functional groups attached to an aromatic ring is 1. The molecule has 0 amide bonds. The highest BCUT2D eigenvalue weighted by atomic mass is 79.9. The molecule has 2 aromatic heterocycles. The number of thiophene rings is 1. The van der Waals surface area contributed by atoms with Crippen LogP contribution in [0.2, 0.25) is 0 Å². The second kappa shape index (κ2) is 4.34. The molecule has 0 aliphatic rings. The van der Waals surface area contributed by atoms with Crippen LogP contribution in [0.4, 0.5) is 5.82 Å². The van der Waals surface area contributed by atoms with E-state index in [4.69, 9.17) is 5.73 Å². The molecule has 0 fully saturated rings. The van der Waals surface area contributed by atoms with Crippen LogP contribution in [0, 0.1) is 0 Å². The van der Waals surface area contributed by atoms with Crippen LogP contribution in [-0.2, 0) is 6.42 Å². The Bertz CT molecular complexity index is 454. The van der Waals surface area contributed by atoms with Gasteiger partial charge in [-0.05, 0) is 22.0 Å². The van der Waals surface area contributed by atoms with E-state index in [1.807, 2.05) is 11.4 Å². The van der Waals surface area contributed by atoms with Crippen LogP contribution in [0.3, 0.4) is 0 Å². The molecule has 4 N–H and O–H groups in total. The van der Waals surface area contributed by atoms with Gasteiger partial charge < -0.3 is 10.8 Å².